The number of nitrogens with zero attached hydrogens (tertiary/aromatic N) is 1. The third kappa shape index (κ3) is 3.26. The van der Waals surface area contributed by atoms with Crippen LogP contribution in [0.25, 0.3) is 0 Å². The van der Waals surface area contributed by atoms with Crippen molar-refractivity contribution in [1.82, 2.24) is 15.6 Å². The van der Waals surface area contributed by atoms with Gasteiger partial charge in [0.2, 0.25) is 0 Å². The first-order chi connectivity index (χ1) is 7.38. The second-order valence-corrected chi connectivity index (χ2v) is 5.26. The number of aromatic nitrogens is 1. The highest BCUT2D eigenvalue weighted by Crippen LogP contribution is 2.13. The third-order valence-corrected chi connectivity index (χ3v) is 3.96. The van der Waals surface area contributed by atoms with Gasteiger partial charge >= 0.3 is 0 Å². The Morgan fingerprint density at radius 1 is 1.60 bits per heavy atom. The second-order valence-electron chi connectivity index (χ2n) is 4.06. The number of hydrogen-bond acceptors (Lipinski definition) is 4. The van der Waals surface area contributed by atoms with E-state index in [1.807, 2.05) is 17.5 Å². The molecule has 0 aromatic carbocycles. The van der Waals surface area contributed by atoms with Gasteiger partial charge in [-0.05, 0) is 38.4 Å². The van der Waals surface area contributed by atoms with Crippen molar-refractivity contribution in [2.24, 2.45) is 5.92 Å². The zero-order valence-electron chi connectivity index (χ0n) is 9.25. The van der Waals surface area contributed by atoms with E-state index in [2.05, 4.69) is 22.5 Å². The van der Waals surface area contributed by atoms with E-state index in [-0.39, 0.29) is 0 Å². The van der Waals surface area contributed by atoms with Crippen molar-refractivity contribution in [3.8, 4) is 0 Å². The molecular weight excluding hydrogens is 206 g/mol. The molecule has 0 aliphatic carbocycles. The zero-order valence-corrected chi connectivity index (χ0v) is 10.1. The van der Waals surface area contributed by atoms with Crippen LogP contribution in [0.2, 0.25) is 0 Å². The van der Waals surface area contributed by atoms with Crippen LogP contribution in [0.4, 0.5) is 0 Å². The molecular formula is C11H19N3S. The fourth-order valence-electron chi connectivity index (χ4n) is 1.65. The maximum atomic E-state index is 4.38. The zero-order chi connectivity index (χ0) is 10.5. The molecule has 0 spiro atoms. The predicted octanol–water partition coefficient (Wildman–Crippen LogP) is 1.40. The van der Waals surface area contributed by atoms with Gasteiger partial charge in [-0.15, -0.1) is 11.3 Å². The van der Waals surface area contributed by atoms with Crippen molar-refractivity contribution in [3.05, 3.63) is 16.1 Å². The highest BCUT2D eigenvalue weighted by molar-refractivity contribution is 7.11. The summed E-state index contributed by atoms with van der Waals surface area (Å²) < 4.78 is 0. The van der Waals surface area contributed by atoms with Crippen LogP contribution >= 0.6 is 11.3 Å². The first-order valence-corrected chi connectivity index (χ1v) is 6.55. The van der Waals surface area contributed by atoms with Gasteiger partial charge in [-0.1, -0.05) is 6.92 Å². The van der Waals surface area contributed by atoms with Crippen molar-refractivity contribution in [1.29, 1.82) is 0 Å². The lowest BCUT2D eigenvalue weighted by molar-refractivity contribution is 0.322. The Kier molecular flexibility index (Phi) is 4.11. The second kappa shape index (κ2) is 5.58. The number of hydrogen-bond donors (Lipinski definition) is 2. The smallest absolute Gasteiger partial charge is 0.107 e. The average Bonchev–Trinajstić information content (AvgIpc) is 2.62. The van der Waals surface area contributed by atoms with Gasteiger partial charge in [0.05, 0.1) is 0 Å². The molecule has 0 atom stereocenters. The minimum absolute atomic E-state index is 0.903. The van der Waals surface area contributed by atoms with Crippen LogP contribution in [0.15, 0.2) is 6.20 Å². The molecule has 0 bridgehead atoms. The fourth-order valence-corrected chi connectivity index (χ4v) is 2.48. The molecule has 1 aliphatic heterocycles. The molecule has 0 unspecified atom stereocenters. The van der Waals surface area contributed by atoms with Gasteiger partial charge in [0.25, 0.3) is 0 Å². The van der Waals surface area contributed by atoms with E-state index >= 15 is 0 Å². The molecule has 0 amide bonds. The first-order valence-electron chi connectivity index (χ1n) is 5.73. The SMILES string of the molecule is CCc1cnc(CNCCC2CNC2)s1. The summed E-state index contributed by atoms with van der Waals surface area (Å²) in [6, 6.07) is 0. The van der Waals surface area contributed by atoms with Crippen molar-refractivity contribution in [2.45, 2.75) is 26.3 Å². The van der Waals surface area contributed by atoms with Gasteiger partial charge in [-0.25, -0.2) is 4.98 Å². The maximum Gasteiger partial charge on any atom is 0.107 e. The highest BCUT2D eigenvalue weighted by Gasteiger charge is 2.15. The summed E-state index contributed by atoms with van der Waals surface area (Å²) in [5.41, 5.74) is 0. The quantitative estimate of drug-likeness (QED) is 0.719. The highest BCUT2D eigenvalue weighted by atomic mass is 32.1. The summed E-state index contributed by atoms with van der Waals surface area (Å²) in [4.78, 5) is 5.77. The van der Waals surface area contributed by atoms with Gasteiger partial charge in [0, 0.05) is 17.6 Å². The van der Waals surface area contributed by atoms with Crippen LogP contribution in [-0.4, -0.2) is 24.6 Å². The van der Waals surface area contributed by atoms with Crippen molar-refractivity contribution in [3.63, 3.8) is 0 Å². The molecule has 4 heteroatoms. The van der Waals surface area contributed by atoms with Gasteiger partial charge < -0.3 is 10.6 Å². The molecule has 2 heterocycles. The van der Waals surface area contributed by atoms with Crippen LogP contribution in [-0.2, 0) is 13.0 Å². The van der Waals surface area contributed by atoms with E-state index < -0.39 is 0 Å². The summed E-state index contributed by atoms with van der Waals surface area (Å²) in [5.74, 6) is 0.903. The lowest BCUT2D eigenvalue weighted by atomic mass is 10.00. The molecule has 0 radical (unpaired) electrons. The summed E-state index contributed by atoms with van der Waals surface area (Å²) in [6.07, 6.45) is 4.39. The van der Waals surface area contributed by atoms with E-state index in [4.69, 9.17) is 0 Å². The minimum Gasteiger partial charge on any atom is -0.316 e. The summed E-state index contributed by atoms with van der Waals surface area (Å²) in [6.45, 7) is 6.64. The molecule has 1 aromatic rings. The van der Waals surface area contributed by atoms with Gasteiger partial charge in [-0.2, -0.15) is 0 Å². The standard InChI is InChI=1S/C11H19N3S/c1-2-10-7-14-11(15-10)8-12-4-3-9-5-13-6-9/h7,9,12-13H,2-6,8H2,1H3. The molecule has 84 valence electrons. The molecule has 1 aliphatic rings. The number of thiazole rings is 1. The predicted molar refractivity (Wildman–Crippen MR) is 64.2 cm³/mol. The number of nitrogens with one attached hydrogen (secondary N) is 2. The monoisotopic (exact) mass is 225 g/mol. The Bertz CT molecular complexity index is 294. The topological polar surface area (TPSA) is 37.0 Å². The Morgan fingerprint density at radius 2 is 2.47 bits per heavy atom. The lowest BCUT2D eigenvalue weighted by Crippen LogP contribution is -2.43. The summed E-state index contributed by atoms with van der Waals surface area (Å²) >= 11 is 1.83. The first kappa shape index (κ1) is 11.0. The van der Waals surface area contributed by atoms with E-state index in [1.165, 1.54) is 29.4 Å². The molecule has 2 N–H and O–H groups in total. The van der Waals surface area contributed by atoms with Gasteiger partial charge in [0.15, 0.2) is 0 Å². The third-order valence-electron chi connectivity index (χ3n) is 2.82. The maximum absolute atomic E-state index is 4.38. The summed E-state index contributed by atoms with van der Waals surface area (Å²) in [5, 5.41) is 7.97. The van der Waals surface area contributed by atoms with Crippen LogP contribution in [0.3, 0.4) is 0 Å². The minimum atomic E-state index is 0.903. The Balaban J connectivity index is 1.60. The van der Waals surface area contributed by atoms with Crippen molar-refractivity contribution >= 4 is 11.3 Å². The van der Waals surface area contributed by atoms with Gasteiger partial charge in [0.1, 0.15) is 5.01 Å². The molecule has 2 rings (SSSR count). The van der Waals surface area contributed by atoms with E-state index in [1.54, 1.807) is 0 Å². The van der Waals surface area contributed by atoms with Crippen LogP contribution in [0, 0.1) is 5.92 Å². The molecule has 1 fully saturated rings. The van der Waals surface area contributed by atoms with Crippen molar-refractivity contribution in [2.75, 3.05) is 19.6 Å². The lowest BCUT2D eigenvalue weighted by Gasteiger charge is -2.26. The Hall–Kier alpha value is -0.450. The van der Waals surface area contributed by atoms with Crippen LogP contribution in [0.5, 0.6) is 0 Å². The summed E-state index contributed by atoms with van der Waals surface area (Å²) in [7, 11) is 0. The van der Waals surface area contributed by atoms with Gasteiger partial charge in [-0.3, -0.25) is 0 Å². The molecule has 3 nitrogen and oxygen atoms in total. The van der Waals surface area contributed by atoms with Crippen LogP contribution in [0.1, 0.15) is 23.2 Å². The van der Waals surface area contributed by atoms with E-state index in [0.29, 0.717) is 0 Å². The Morgan fingerprint density at radius 3 is 3.07 bits per heavy atom. The molecule has 15 heavy (non-hydrogen) atoms. The number of aryl methyl sites for hydroxylation is 1. The molecule has 1 saturated heterocycles. The molecule has 0 saturated carbocycles. The molecule has 1 aromatic heterocycles. The average molecular weight is 225 g/mol. The van der Waals surface area contributed by atoms with Crippen LogP contribution < -0.4 is 10.6 Å². The Labute approximate surface area is 95.3 Å². The normalized spacial score (nSPS) is 16.6. The van der Waals surface area contributed by atoms with E-state index in [0.717, 1.165) is 25.4 Å². The fraction of sp³-hybridized carbons (Fsp3) is 0.727. The van der Waals surface area contributed by atoms with Crippen molar-refractivity contribution < 1.29 is 0 Å². The number of rotatable bonds is 6. The largest absolute Gasteiger partial charge is 0.316 e. The van der Waals surface area contributed by atoms with E-state index in [9.17, 15) is 0 Å².